The van der Waals surface area contributed by atoms with Crippen LogP contribution in [0.15, 0.2) is 54.6 Å². The fraction of sp³-hybridized carbons (Fsp3) is 0.333. The van der Waals surface area contributed by atoms with E-state index >= 15 is 0 Å². The fourth-order valence-corrected chi connectivity index (χ4v) is 3.33. The molecule has 0 saturated heterocycles. The first-order valence-corrected chi connectivity index (χ1v) is 8.14. The maximum absolute atomic E-state index is 2.40. The van der Waals surface area contributed by atoms with Gasteiger partial charge in [-0.05, 0) is 66.3 Å². The molecule has 108 valence electrons. The smallest absolute Gasteiger partial charge is 0.0181 e. The van der Waals surface area contributed by atoms with E-state index in [2.05, 4.69) is 68.5 Å². The van der Waals surface area contributed by atoms with Crippen LogP contribution in [0.3, 0.4) is 0 Å². The number of aryl methyl sites for hydroxylation is 2. The summed E-state index contributed by atoms with van der Waals surface area (Å²) in [4.78, 5) is 0. The molecular weight excluding hydrogens is 252 g/mol. The van der Waals surface area contributed by atoms with Gasteiger partial charge in [0.2, 0.25) is 0 Å². The molecule has 2 aromatic rings. The minimum Gasteiger partial charge on any atom is -0.0914 e. The van der Waals surface area contributed by atoms with Gasteiger partial charge in [0.1, 0.15) is 0 Å². The maximum Gasteiger partial charge on any atom is -0.0181 e. The number of fused-ring (bicyclic) bond motifs is 1. The molecule has 3 rings (SSSR count). The lowest BCUT2D eigenvalue weighted by atomic mass is 9.82. The Morgan fingerprint density at radius 3 is 2.48 bits per heavy atom. The van der Waals surface area contributed by atoms with Gasteiger partial charge >= 0.3 is 0 Å². The van der Waals surface area contributed by atoms with E-state index in [1.807, 2.05) is 0 Å². The molecule has 0 aromatic heterocycles. The first-order chi connectivity index (χ1) is 10.3. The van der Waals surface area contributed by atoms with Gasteiger partial charge in [0.25, 0.3) is 0 Å². The lowest BCUT2D eigenvalue weighted by Gasteiger charge is -2.23. The third-order valence-electron chi connectivity index (χ3n) is 4.63. The van der Waals surface area contributed by atoms with Crippen molar-refractivity contribution in [2.24, 2.45) is 5.92 Å². The first kappa shape index (κ1) is 14.1. The van der Waals surface area contributed by atoms with Crippen molar-refractivity contribution in [3.8, 4) is 11.1 Å². The van der Waals surface area contributed by atoms with Crippen LogP contribution < -0.4 is 0 Å². The highest BCUT2D eigenvalue weighted by Gasteiger charge is 2.16. The standard InChI is InChI=1S/C21H24/c1-3-5-17-8-11-21-15-20(13-12-19(21)14-17)18-9-6-16(4-2)7-10-18/h3,5-7,9-10,12-13,15,17H,4,8,11,14H2,1-2H3/b5-3+. The molecule has 1 aliphatic rings. The van der Waals surface area contributed by atoms with E-state index in [-0.39, 0.29) is 0 Å². The number of hydrogen-bond acceptors (Lipinski definition) is 0. The van der Waals surface area contributed by atoms with Gasteiger partial charge in [0, 0.05) is 0 Å². The van der Waals surface area contributed by atoms with E-state index in [1.165, 1.54) is 36.0 Å². The van der Waals surface area contributed by atoms with E-state index in [1.54, 1.807) is 11.1 Å². The Labute approximate surface area is 128 Å². The third-order valence-corrected chi connectivity index (χ3v) is 4.63. The van der Waals surface area contributed by atoms with Gasteiger partial charge in [-0.15, -0.1) is 0 Å². The maximum atomic E-state index is 2.40. The number of hydrogen-bond donors (Lipinski definition) is 0. The summed E-state index contributed by atoms with van der Waals surface area (Å²) in [7, 11) is 0. The quantitative estimate of drug-likeness (QED) is 0.640. The Hall–Kier alpha value is -1.82. The zero-order valence-corrected chi connectivity index (χ0v) is 13.1. The Morgan fingerprint density at radius 1 is 1.00 bits per heavy atom. The molecule has 0 radical (unpaired) electrons. The van der Waals surface area contributed by atoms with E-state index in [0.717, 1.165) is 12.3 Å². The normalized spacial score (nSPS) is 17.9. The highest BCUT2D eigenvalue weighted by Crippen LogP contribution is 2.30. The van der Waals surface area contributed by atoms with Crippen LogP contribution in [0, 0.1) is 5.92 Å². The van der Waals surface area contributed by atoms with Crippen molar-refractivity contribution in [2.45, 2.75) is 39.5 Å². The molecular formula is C21H24. The largest absolute Gasteiger partial charge is 0.0914 e. The predicted molar refractivity (Wildman–Crippen MR) is 91.6 cm³/mol. The highest BCUT2D eigenvalue weighted by atomic mass is 14.2. The van der Waals surface area contributed by atoms with Crippen molar-refractivity contribution >= 4 is 0 Å². The second-order valence-corrected chi connectivity index (χ2v) is 6.06. The summed E-state index contributed by atoms with van der Waals surface area (Å²) in [6, 6.07) is 16.0. The van der Waals surface area contributed by atoms with Crippen molar-refractivity contribution in [1.29, 1.82) is 0 Å². The van der Waals surface area contributed by atoms with Crippen molar-refractivity contribution in [1.82, 2.24) is 0 Å². The van der Waals surface area contributed by atoms with Crippen LogP contribution in [0.25, 0.3) is 11.1 Å². The van der Waals surface area contributed by atoms with E-state index in [9.17, 15) is 0 Å². The lowest BCUT2D eigenvalue weighted by molar-refractivity contribution is 0.553. The van der Waals surface area contributed by atoms with Crippen molar-refractivity contribution < 1.29 is 0 Å². The molecule has 0 aliphatic heterocycles. The summed E-state index contributed by atoms with van der Waals surface area (Å²) >= 11 is 0. The Bertz CT molecular complexity index is 632. The molecule has 0 nitrogen and oxygen atoms in total. The monoisotopic (exact) mass is 276 g/mol. The van der Waals surface area contributed by atoms with Gasteiger partial charge < -0.3 is 0 Å². The number of allylic oxidation sites excluding steroid dienone is 2. The number of rotatable bonds is 3. The molecule has 1 unspecified atom stereocenters. The Morgan fingerprint density at radius 2 is 1.76 bits per heavy atom. The zero-order chi connectivity index (χ0) is 14.7. The molecule has 0 saturated carbocycles. The zero-order valence-electron chi connectivity index (χ0n) is 13.1. The summed E-state index contributed by atoms with van der Waals surface area (Å²) in [5, 5.41) is 0. The minimum atomic E-state index is 0.734. The molecule has 1 atom stereocenters. The molecule has 2 aromatic carbocycles. The number of benzene rings is 2. The minimum absolute atomic E-state index is 0.734. The van der Waals surface area contributed by atoms with E-state index in [0.29, 0.717) is 0 Å². The molecule has 0 spiro atoms. The molecule has 21 heavy (non-hydrogen) atoms. The van der Waals surface area contributed by atoms with Gasteiger partial charge in [-0.2, -0.15) is 0 Å². The predicted octanol–water partition coefficient (Wildman–Crippen LogP) is 5.60. The van der Waals surface area contributed by atoms with Crippen LogP contribution in [-0.4, -0.2) is 0 Å². The Balaban J connectivity index is 1.86. The van der Waals surface area contributed by atoms with Gasteiger partial charge in [0.05, 0.1) is 0 Å². The molecule has 0 amide bonds. The summed E-state index contributed by atoms with van der Waals surface area (Å²) in [6.45, 7) is 4.33. The topological polar surface area (TPSA) is 0 Å². The third kappa shape index (κ3) is 3.10. The second-order valence-electron chi connectivity index (χ2n) is 6.06. The van der Waals surface area contributed by atoms with Crippen molar-refractivity contribution in [3.63, 3.8) is 0 Å². The van der Waals surface area contributed by atoms with Crippen LogP contribution in [-0.2, 0) is 19.3 Å². The highest BCUT2D eigenvalue weighted by molar-refractivity contribution is 5.65. The van der Waals surface area contributed by atoms with E-state index < -0.39 is 0 Å². The van der Waals surface area contributed by atoms with Crippen molar-refractivity contribution in [3.05, 3.63) is 71.3 Å². The van der Waals surface area contributed by atoms with E-state index in [4.69, 9.17) is 0 Å². The average molecular weight is 276 g/mol. The first-order valence-electron chi connectivity index (χ1n) is 8.14. The second kappa shape index (κ2) is 6.30. The van der Waals surface area contributed by atoms with Gasteiger partial charge in [-0.1, -0.05) is 61.5 Å². The van der Waals surface area contributed by atoms with Crippen LogP contribution >= 0.6 is 0 Å². The summed E-state index contributed by atoms with van der Waals surface area (Å²) in [5.74, 6) is 0.734. The molecule has 0 fully saturated rings. The molecule has 0 heterocycles. The average Bonchev–Trinajstić information content (AvgIpc) is 2.55. The van der Waals surface area contributed by atoms with Gasteiger partial charge in [0.15, 0.2) is 0 Å². The SMILES string of the molecule is C/C=C/C1CCc2cc(-c3ccc(CC)cc3)ccc2C1. The molecule has 0 N–H and O–H groups in total. The van der Waals surface area contributed by atoms with Crippen LogP contribution in [0.1, 0.15) is 37.0 Å². The molecule has 0 heteroatoms. The molecule has 1 aliphatic carbocycles. The fourth-order valence-electron chi connectivity index (χ4n) is 3.33. The van der Waals surface area contributed by atoms with Gasteiger partial charge in [-0.3, -0.25) is 0 Å². The lowest BCUT2D eigenvalue weighted by Crippen LogP contribution is -2.12. The van der Waals surface area contributed by atoms with Crippen LogP contribution in [0.2, 0.25) is 0 Å². The summed E-state index contributed by atoms with van der Waals surface area (Å²) in [6.07, 6.45) is 9.37. The summed E-state index contributed by atoms with van der Waals surface area (Å²) < 4.78 is 0. The summed E-state index contributed by atoms with van der Waals surface area (Å²) in [5.41, 5.74) is 7.20. The van der Waals surface area contributed by atoms with Crippen LogP contribution in [0.4, 0.5) is 0 Å². The Kier molecular flexibility index (Phi) is 4.24. The van der Waals surface area contributed by atoms with Crippen molar-refractivity contribution in [2.75, 3.05) is 0 Å². The van der Waals surface area contributed by atoms with Crippen LogP contribution in [0.5, 0.6) is 0 Å². The van der Waals surface area contributed by atoms with Gasteiger partial charge in [-0.25, -0.2) is 0 Å². The molecule has 0 bridgehead atoms.